The molecule has 3 saturated heterocycles. The summed E-state index contributed by atoms with van der Waals surface area (Å²) < 4.78 is 40.1. The topological polar surface area (TPSA) is 113 Å². The Bertz CT molecular complexity index is 1040. The predicted molar refractivity (Wildman–Crippen MR) is 125 cm³/mol. The van der Waals surface area contributed by atoms with Gasteiger partial charge in [0.15, 0.2) is 0 Å². The van der Waals surface area contributed by atoms with Gasteiger partial charge < -0.3 is 33.3 Å². The number of ether oxygens (including phenoxy) is 7. The third-order valence-corrected chi connectivity index (χ3v) is 5.66. The molecule has 3 aliphatic rings. The van der Waals surface area contributed by atoms with Gasteiger partial charge in [-0.3, -0.25) is 4.74 Å². The number of benzene rings is 2. The average molecular weight is 495 g/mol. The summed E-state index contributed by atoms with van der Waals surface area (Å²) in [4.78, 5) is 14.4. The summed E-state index contributed by atoms with van der Waals surface area (Å²) >= 11 is 0. The first-order valence-corrected chi connectivity index (χ1v) is 11.8. The smallest absolute Gasteiger partial charge is 0.228 e. The molecule has 3 aliphatic heterocycles. The van der Waals surface area contributed by atoms with Crippen LogP contribution in [0.4, 0.5) is 5.95 Å². The Hall–Kier alpha value is -3.67. The first-order chi connectivity index (χ1) is 17.8. The number of hydrogen-bond acceptors (Lipinski definition) is 11. The van der Waals surface area contributed by atoms with E-state index in [1.807, 2.05) is 53.4 Å². The van der Waals surface area contributed by atoms with Crippen LogP contribution in [0.1, 0.15) is 0 Å². The summed E-state index contributed by atoms with van der Waals surface area (Å²) in [6.45, 7) is 3.44. The molecule has 0 spiro atoms. The lowest BCUT2D eigenvalue weighted by Gasteiger charge is -2.37. The minimum Gasteiger partial charge on any atom is -0.491 e. The van der Waals surface area contributed by atoms with Crippen LogP contribution >= 0.6 is 0 Å². The fourth-order valence-corrected chi connectivity index (χ4v) is 3.62. The van der Waals surface area contributed by atoms with E-state index in [4.69, 9.17) is 33.2 Å². The zero-order valence-electron chi connectivity index (χ0n) is 19.5. The van der Waals surface area contributed by atoms with Crippen molar-refractivity contribution in [3.05, 3.63) is 61.2 Å². The van der Waals surface area contributed by atoms with E-state index < -0.39 is 12.6 Å². The van der Waals surface area contributed by atoms with Crippen molar-refractivity contribution in [2.24, 2.45) is 0 Å². The second kappa shape index (κ2) is 10.5. The standard InChI is InChI=1S/C25H26N4O7/c1-5-19(6-2-17(1)30-11-21-13-32-21)34-23-9-29(25-27-15-26-16-28-25)10-24(36-23)35-20-7-3-18(4-8-20)31-12-22-14-33-22/h1-8,15-16,21-24H,9-14H2. The second-order valence-electron chi connectivity index (χ2n) is 8.55. The summed E-state index contributed by atoms with van der Waals surface area (Å²) in [6, 6.07) is 14.8. The molecule has 3 aromatic rings. The van der Waals surface area contributed by atoms with Crippen LogP contribution in [0.3, 0.4) is 0 Å². The Balaban J connectivity index is 1.10. The largest absolute Gasteiger partial charge is 0.491 e. The summed E-state index contributed by atoms with van der Waals surface area (Å²) in [6.07, 6.45) is 2.09. The highest BCUT2D eigenvalue weighted by Crippen LogP contribution is 2.26. The zero-order valence-corrected chi connectivity index (χ0v) is 19.5. The first kappa shape index (κ1) is 22.8. The quantitative estimate of drug-likeness (QED) is 0.365. The number of rotatable bonds is 11. The van der Waals surface area contributed by atoms with Crippen LogP contribution in [0, 0.1) is 0 Å². The number of morpholine rings is 1. The highest BCUT2D eigenvalue weighted by Gasteiger charge is 2.32. The van der Waals surface area contributed by atoms with Crippen LogP contribution < -0.4 is 23.8 Å². The van der Waals surface area contributed by atoms with Gasteiger partial charge in [-0.2, -0.15) is 0 Å². The van der Waals surface area contributed by atoms with Crippen molar-refractivity contribution in [1.29, 1.82) is 0 Å². The normalized spacial score (nSPS) is 24.6. The highest BCUT2D eigenvalue weighted by atomic mass is 16.8. The molecule has 11 heteroatoms. The lowest BCUT2D eigenvalue weighted by molar-refractivity contribution is -0.192. The molecule has 3 fully saturated rings. The van der Waals surface area contributed by atoms with Gasteiger partial charge in [0.25, 0.3) is 0 Å². The van der Waals surface area contributed by atoms with Crippen LogP contribution in [-0.4, -0.2) is 79.3 Å². The number of aromatic nitrogens is 3. The Morgan fingerprint density at radius 1 is 0.694 bits per heavy atom. The first-order valence-electron chi connectivity index (χ1n) is 11.8. The molecule has 1 aromatic heterocycles. The minimum absolute atomic E-state index is 0.205. The number of hydrogen-bond donors (Lipinski definition) is 0. The highest BCUT2D eigenvalue weighted by molar-refractivity contribution is 5.34. The van der Waals surface area contributed by atoms with Gasteiger partial charge in [-0.05, 0) is 48.5 Å². The van der Waals surface area contributed by atoms with E-state index >= 15 is 0 Å². The number of anilines is 1. The molecule has 0 aliphatic carbocycles. The Morgan fingerprint density at radius 2 is 1.14 bits per heavy atom. The molecule has 188 valence electrons. The van der Waals surface area contributed by atoms with Crippen molar-refractivity contribution < 1.29 is 33.2 Å². The van der Waals surface area contributed by atoms with E-state index in [0.29, 0.717) is 43.8 Å². The SMILES string of the molecule is c1ncnc(N2CC(Oc3ccc(OCC4CO4)cc3)OC(Oc3ccc(OCC4CO4)cc3)C2)n1. The molecule has 0 radical (unpaired) electrons. The van der Waals surface area contributed by atoms with Gasteiger partial charge in [0.2, 0.25) is 18.5 Å². The lowest BCUT2D eigenvalue weighted by Crippen LogP contribution is -2.52. The Morgan fingerprint density at radius 3 is 1.58 bits per heavy atom. The van der Waals surface area contributed by atoms with Crippen LogP contribution in [-0.2, 0) is 14.2 Å². The zero-order chi connectivity index (χ0) is 24.2. The van der Waals surface area contributed by atoms with E-state index in [0.717, 1.165) is 24.7 Å². The molecule has 4 atom stereocenters. The summed E-state index contributed by atoms with van der Waals surface area (Å²) in [5.74, 6) is 3.33. The van der Waals surface area contributed by atoms with Crippen molar-refractivity contribution in [3.8, 4) is 23.0 Å². The summed E-state index contributed by atoms with van der Waals surface area (Å²) in [5, 5.41) is 0. The van der Waals surface area contributed by atoms with Gasteiger partial charge in [-0.1, -0.05) is 0 Å². The molecule has 0 N–H and O–H groups in total. The van der Waals surface area contributed by atoms with E-state index in [1.165, 1.54) is 12.7 Å². The van der Waals surface area contributed by atoms with E-state index in [1.54, 1.807) is 0 Å². The monoisotopic (exact) mass is 494 g/mol. The molecule has 2 aromatic carbocycles. The van der Waals surface area contributed by atoms with Crippen LogP contribution in [0.5, 0.6) is 23.0 Å². The van der Waals surface area contributed by atoms with Crippen molar-refractivity contribution in [1.82, 2.24) is 15.0 Å². The third kappa shape index (κ3) is 6.30. The molecular weight excluding hydrogens is 468 g/mol. The number of epoxide rings is 2. The van der Waals surface area contributed by atoms with Crippen LogP contribution in [0.15, 0.2) is 61.2 Å². The fraction of sp³-hybridized carbons (Fsp3) is 0.400. The van der Waals surface area contributed by atoms with Crippen LogP contribution in [0.25, 0.3) is 0 Å². The van der Waals surface area contributed by atoms with Crippen molar-refractivity contribution in [2.45, 2.75) is 24.8 Å². The average Bonchev–Trinajstić information content (AvgIpc) is 3.84. The molecule has 0 amide bonds. The molecule has 11 nitrogen and oxygen atoms in total. The molecule has 4 heterocycles. The maximum Gasteiger partial charge on any atom is 0.228 e. The van der Waals surface area contributed by atoms with Gasteiger partial charge in [-0.15, -0.1) is 0 Å². The summed E-state index contributed by atoms with van der Waals surface area (Å²) in [5.41, 5.74) is 0. The Labute approximate surface area is 207 Å². The van der Waals surface area contributed by atoms with E-state index in [9.17, 15) is 0 Å². The molecule has 36 heavy (non-hydrogen) atoms. The summed E-state index contributed by atoms with van der Waals surface area (Å²) in [7, 11) is 0. The van der Waals surface area contributed by atoms with Gasteiger partial charge >= 0.3 is 0 Å². The number of nitrogens with zero attached hydrogens (tertiary/aromatic N) is 4. The maximum atomic E-state index is 6.13. The van der Waals surface area contributed by atoms with Gasteiger partial charge in [0, 0.05) is 0 Å². The van der Waals surface area contributed by atoms with Crippen molar-refractivity contribution in [2.75, 3.05) is 44.4 Å². The fourth-order valence-electron chi connectivity index (χ4n) is 3.62. The minimum atomic E-state index is -0.617. The van der Waals surface area contributed by atoms with Gasteiger partial charge in [0.1, 0.15) is 61.1 Å². The van der Waals surface area contributed by atoms with Gasteiger partial charge in [0.05, 0.1) is 26.3 Å². The van der Waals surface area contributed by atoms with Crippen molar-refractivity contribution in [3.63, 3.8) is 0 Å². The molecular formula is C25H26N4O7. The van der Waals surface area contributed by atoms with E-state index in [-0.39, 0.29) is 12.2 Å². The Kier molecular flexibility index (Phi) is 6.66. The van der Waals surface area contributed by atoms with Gasteiger partial charge in [-0.25, -0.2) is 15.0 Å². The van der Waals surface area contributed by atoms with Crippen molar-refractivity contribution >= 4 is 5.95 Å². The van der Waals surface area contributed by atoms with E-state index in [2.05, 4.69) is 15.0 Å². The lowest BCUT2D eigenvalue weighted by atomic mass is 10.3. The molecule has 0 saturated carbocycles. The maximum absolute atomic E-state index is 6.13. The van der Waals surface area contributed by atoms with Crippen LogP contribution in [0.2, 0.25) is 0 Å². The molecule has 6 rings (SSSR count). The third-order valence-electron chi connectivity index (χ3n) is 5.66. The molecule has 0 bridgehead atoms. The second-order valence-corrected chi connectivity index (χ2v) is 8.55. The molecule has 4 unspecified atom stereocenters. The predicted octanol–water partition coefficient (Wildman–Crippen LogP) is 2.07.